The van der Waals surface area contributed by atoms with E-state index in [-0.39, 0.29) is 31.8 Å². The van der Waals surface area contributed by atoms with Crippen LogP contribution in [0, 0.1) is 6.92 Å². The number of carbonyl (C=O) groups is 1. The van der Waals surface area contributed by atoms with Crippen molar-refractivity contribution >= 4 is 38.3 Å². The molecule has 1 N–H and O–H groups in total. The Morgan fingerprint density at radius 2 is 1.86 bits per heavy atom. The summed E-state index contributed by atoms with van der Waals surface area (Å²) < 4.78 is 25.7. The lowest BCUT2D eigenvalue weighted by Crippen LogP contribution is -2.10. The number of sulfone groups is 1. The number of halogens is 1. The first-order valence-corrected chi connectivity index (χ1v) is 8.15. The van der Waals surface area contributed by atoms with Crippen LogP contribution >= 0.6 is 11.6 Å². The van der Waals surface area contributed by atoms with E-state index >= 15 is 0 Å². The summed E-state index contributed by atoms with van der Waals surface area (Å²) in [4.78, 5) is 15.2. The molecule has 7 heteroatoms. The molecule has 0 saturated carbocycles. The van der Waals surface area contributed by atoms with Gasteiger partial charge >= 0.3 is 5.97 Å². The molecule has 0 radical (unpaired) electrons. The summed E-state index contributed by atoms with van der Waals surface area (Å²) in [5.41, 5.74) is 0.812. The number of carboxylic acid groups (broad SMARTS) is 1. The molecule has 0 saturated heterocycles. The number of carboxylic acids is 1. The van der Waals surface area contributed by atoms with Crippen molar-refractivity contribution in [3.8, 4) is 0 Å². The third-order valence-electron chi connectivity index (χ3n) is 3.42. The molecule has 0 aliphatic carbocycles. The molecule has 0 unspecified atom stereocenters. The Balaban J connectivity index is 2.48. The van der Waals surface area contributed by atoms with Gasteiger partial charge in [-0.15, -0.1) is 0 Å². The van der Waals surface area contributed by atoms with Gasteiger partial charge in [0.05, 0.1) is 21.0 Å². The monoisotopic (exact) mass is 335 g/mol. The van der Waals surface area contributed by atoms with Crippen molar-refractivity contribution in [3.05, 3.63) is 53.1 Å². The van der Waals surface area contributed by atoms with E-state index in [2.05, 4.69) is 4.99 Å². The number of nitrogens with zero attached hydrogens (tertiary/aromatic N) is 1. The first-order valence-electron chi connectivity index (χ1n) is 6.29. The van der Waals surface area contributed by atoms with Crippen LogP contribution in [0.25, 0.3) is 0 Å². The number of hydrogen-bond acceptors (Lipinski definition) is 4. The molecule has 0 aromatic heterocycles. The van der Waals surface area contributed by atoms with Crippen molar-refractivity contribution in [1.82, 2.24) is 0 Å². The Bertz CT molecular complexity index is 948. The number of aromatic carboxylic acids is 1. The lowest BCUT2D eigenvalue weighted by molar-refractivity contribution is 0.0696. The zero-order valence-electron chi connectivity index (χ0n) is 11.4. The minimum atomic E-state index is -3.91. The lowest BCUT2D eigenvalue weighted by atomic mass is 10.1. The number of fused-ring (bicyclic) bond motifs is 2. The van der Waals surface area contributed by atoms with Gasteiger partial charge in [-0.05, 0) is 36.8 Å². The van der Waals surface area contributed by atoms with Crippen LogP contribution in [-0.4, -0.2) is 24.7 Å². The maximum atomic E-state index is 12.9. The maximum Gasteiger partial charge on any atom is 0.335 e. The Kier molecular flexibility index (Phi) is 3.30. The Labute approximate surface area is 131 Å². The minimum Gasteiger partial charge on any atom is -0.478 e. The Hall–Kier alpha value is -2.18. The first kappa shape index (κ1) is 14.7. The molecule has 1 aliphatic rings. The van der Waals surface area contributed by atoms with Crippen LogP contribution in [0.2, 0.25) is 0 Å². The molecule has 2 aromatic carbocycles. The van der Waals surface area contributed by atoms with Crippen molar-refractivity contribution in [2.45, 2.75) is 16.7 Å². The fraction of sp³-hybridized carbons (Fsp3) is 0.0667. The molecule has 0 amide bonds. The number of rotatable bonds is 1. The highest BCUT2D eigenvalue weighted by molar-refractivity contribution is 7.91. The third-order valence-corrected chi connectivity index (χ3v) is 5.51. The molecule has 3 rings (SSSR count). The van der Waals surface area contributed by atoms with E-state index in [9.17, 15) is 13.2 Å². The van der Waals surface area contributed by atoms with Gasteiger partial charge in [-0.2, -0.15) is 0 Å². The largest absolute Gasteiger partial charge is 0.478 e. The van der Waals surface area contributed by atoms with Gasteiger partial charge in [0.25, 0.3) is 0 Å². The number of aryl methyl sites for hydroxylation is 1. The molecule has 0 atom stereocenters. The summed E-state index contributed by atoms with van der Waals surface area (Å²) in [6.07, 6.45) is 0. The van der Waals surface area contributed by atoms with Crippen molar-refractivity contribution in [2.24, 2.45) is 4.99 Å². The topological polar surface area (TPSA) is 83.8 Å². The third kappa shape index (κ3) is 2.12. The van der Waals surface area contributed by atoms with E-state index < -0.39 is 15.8 Å². The number of benzene rings is 2. The number of para-hydroxylation sites is 1. The standard InChI is InChI=1S/C15H10ClNO4S/c1-8-6-9(15(18)19)7-12-13(8)14(16)17-10-4-2-3-5-11(10)22(12,20)21/h2-7H,1H3,(H,18,19). The maximum absolute atomic E-state index is 12.9. The predicted molar refractivity (Wildman–Crippen MR) is 82.1 cm³/mol. The van der Waals surface area contributed by atoms with Crippen LogP contribution in [0.15, 0.2) is 51.2 Å². The van der Waals surface area contributed by atoms with Crippen molar-refractivity contribution in [3.63, 3.8) is 0 Å². The van der Waals surface area contributed by atoms with Gasteiger partial charge in [-0.1, -0.05) is 23.7 Å². The van der Waals surface area contributed by atoms with Crippen molar-refractivity contribution < 1.29 is 18.3 Å². The van der Waals surface area contributed by atoms with Gasteiger partial charge in [0.15, 0.2) is 0 Å². The smallest absolute Gasteiger partial charge is 0.335 e. The molecule has 1 heterocycles. The summed E-state index contributed by atoms with van der Waals surface area (Å²) in [5.74, 6) is -1.20. The minimum absolute atomic E-state index is 0.00818. The lowest BCUT2D eigenvalue weighted by Gasteiger charge is -2.11. The molecule has 0 fully saturated rings. The predicted octanol–water partition coefficient (Wildman–Crippen LogP) is 3.16. The average Bonchev–Trinajstić information content (AvgIpc) is 2.53. The molecule has 2 aromatic rings. The van der Waals surface area contributed by atoms with Gasteiger partial charge in [0.2, 0.25) is 9.84 Å². The molecular formula is C15H10ClNO4S. The van der Waals surface area contributed by atoms with E-state index in [0.29, 0.717) is 5.56 Å². The second kappa shape index (κ2) is 4.93. The SMILES string of the molecule is Cc1cc(C(=O)O)cc2c1C(Cl)=Nc1ccccc1S2(=O)=O. The van der Waals surface area contributed by atoms with Crippen molar-refractivity contribution in [2.75, 3.05) is 0 Å². The quantitative estimate of drug-likeness (QED) is 0.867. The van der Waals surface area contributed by atoms with Crippen LogP contribution in [0.3, 0.4) is 0 Å². The molecule has 112 valence electrons. The Morgan fingerprint density at radius 1 is 1.18 bits per heavy atom. The van der Waals surface area contributed by atoms with Crippen LogP contribution in [0.1, 0.15) is 21.5 Å². The first-order chi connectivity index (χ1) is 10.3. The van der Waals surface area contributed by atoms with Crippen molar-refractivity contribution in [1.29, 1.82) is 0 Å². The fourth-order valence-corrected chi connectivity index (χ4v) is 4.50. The zero-order chi connectivity index (χ0) is 16.1. The number of aliphatic imine (C=N–C) groups is 1. The van der Waals surface area contributed by atoms with Gasteiger partial charge in [0.1, 0.15) is 5.17 Å². The summed E-state index contributed by atoms with van der Waals surface area (Å²) in [6, 6.07) is 8.72. The van der Waals surface area contributed by atoms with Gasteiger partial charge < -0.3 is 5.11 Å². The highest BCUT2D eigenvalue weighted by Crippen LogP contribution is 2.37. The average molecular weight is 336 g/mol. The fourth-order valence-electron chi connectivity index (χ4n) is 2.41. The van der Waals surface area contributed by atoms with Gasteiger partial charge in [0, 0.05) is 5.56 Å². The van der Waals surface area contributed by atoms with Gasteiger partial charge in [-0.3, -0.25) is 0 Å². The molecule has 0 spiro atoms. The highest BCUT2D eigenvalue weighted by Gasteiger charge is 2.31. The molecular weight excluding hydrogens is 326 g/mol. The van der Waals surface area contributed by atoms with E-state index in [1.54, 1.807) is 25.1 Å². The second-order valence-electron chi connectivity index (χ2n) is 4.85. The van der Waals surface area contributed by atoms with Crippen LogP contribution < -0.4 is 0 Å². The normalized spacial score (nSPS) is 15.3. The molecule has 22 heavy (non-hydrogen) atoms. The Morgan fingerprint density at radius 3 is 2.55 bits per heavy atom. The van der Waals surface area contributed by atoms with E-state index in [0.717, 1.165) is 6.07 Å². The summed E-state index contributed by atoms with van der Waals surface area (Å²) >= 11 is 6.18. The van der Waals surface area contributed by atoms with Crippen LogP contribution in [0.4, 0.5) is 5.69 Å². The molecule has 1 aliphatic heterocycles. The van der Waals surface area contributed by atoms with E-state index in [1.807, 2.05) is 0 Å². The van der Waals surface area contributed by atoms with Crippen LogP contribution in [0.5, 0.6) is 0 Å². The summed E-state index contributed by atoms with van der Waals surface area (Å²) in [5, 5.41) is 9.18. The molecule has 0 bridgehead atoms. The summed E-state index contributed by atoms with van der Waals surface area (Å²) in [6.45, 7) is 1.61. The zero-order valence-corrected chi connectivity index (χ0v) is 12.9. The number of hydrogen-bond donors (Lipinski definition) is 1. The second-order valence-corrected chi connectivity index (χ2v) is 7.09. The van der Waals surface area contributed by atoms with E-state index in [1.165, 1.54) is 12.1 Å². The van der Waals surface area contributed by atoms with E-state index in [4.69, 9.17) is 16.7 Å². The molecule has 5 nitrogen and oxygen atoms in total. The summed E-state index contributed by atoms with van der Waals surface area (Å²) in [7, 11) is -3.91. The highest BCUT2D eigenvalue weighted by atomic mass is 35.5. The van der Waals surface area contributed by atoms with Gasteiger partial charge in [-0.25, -0.2) is 18.2 Å². The van der Waals surface area contributed by atoms with Crippen LogP contribution in [-0.2, 0) is 9.84 Å².